The van der Waals surface area contributed by atoms with E-state index in [1.807, 2.05) is 30.5 Å². The normalized spacial score (nSPS) is 15.3. The van der Waals surface area contributed by atoms with E-state index in [-0.39, 0.29) is 4.90 Å². The Bertz CT molecular complexity index is 1230. The van der Waals surface area contributed by atoms with E-state index < -0.39 is 10.0 Å². The molecule has 1 fully saturated rings. The lowest BCUT2D eigenvalue weighted by Crippen LogP contribution is -2.40. The highest BCUT2D eigenvalue weighted by Crippen LogP contribution is 2.24. The smallest absolute Gasteiger partial charge is 0.243 e. The number of nitrogens with zero attached hydrogens (tertiary/aromatic N) is 5. The van der Waals surface area contributed by atoms with Gasteiger partial charge in [-0.25, -0.2) is 8.42 Å². The monoisotopic (exact) mass is 474 g/mol. The van der Waals surface area contributed by atoms with E-state index in [4.69, 9.17) is 16.3 Å². The summed E-state index contributed by atoms with van der Waals surface area (Å²) in [6.07, 6.45) is 1.68. The van der Waals surface area contributed by atoms with Crippen LogP contribution >= 0.6 is 11.6 Å². The Hall–Kier alpha value is -2.79. The van der Waals surface area contributed by atoms with Gasteiger partial charge in [0.05, 0.1) is 24.3 Å². The first-order valence-electron chi connectivity index (χ1n) is 10.0. The molecule has 0 amide bonds. The highest BCUT2D eigenvalue weighted by Gasteiger charge is 2.26. The van der Waals surface area contributed by atoms with Crippen molar-refractivity contribution in [3.05, 3.63) is 64.6 Å². The number of ether oxygens (including phenoxy) is 1. The van der Waals surface area contributed by atoms with Gasteiger partial charge in [-0.3, -0.25) is 5.43 Å². The number of sulfonamides is 1. The number of benzene rings is 1. The third-order valence-corrected chi connectivity index (χ3v) is 7.26. The van der Waals surface area contributed by atoms with Gasteiger partial charge in [0.2, 0.25) is 10.0 Å². The largest absolute Gasteiger partial charge is 0.379 e. The van der Waals surface area contributed by atoms with Crippen LogP contribution in [-0.4, -0.2) is 60.0 Å². The summed E-state index contributed by atoms with van der Waals surface area (Å²) in [7, 11) is -3.58. The van der Waals surface area contributed by atoms with E-state index in [0.717, 1.165) is 22.6 Å². The molecule has 32 heavy (non-hydrogen) atoms. The molecule has 4 rings (SSSR count). The fraction of sp³-hybridized carbons (Fsp3) is 0.286. The van der Waals surface area contributed by atoms with Gasteiger partial charge in [-0.15, -0.1) is 10.2 Å². The summed E-state index contributed by atoms with van der Waals surface area (Å²) in [6, 6.07) is 12.3. The molecule has 0 bridgehead atoms. The predicted molar refractivity (Wildman–Crippen MR) is 123 cm³/mol. The van der Waals surface area contributed by atoms with Crippen molar-refractivity contribution in [1.82, 2.24) is 19.1 Å². The van der Waals surface area contributed by atoms with Gasteiger partial charge in [0.15, 0.2) is 11.0 Å². The average Bonchev–Trinajstić information content (AvgIpc) is 3.08. The molecule has 1 aliphatic rings. The fourth-order valence-electron chi connectivity index (χ4n) is 3.58. The zero-order valence-corrected chi connectivity index (χ0v) is 19.3. The first kappa shape index (κ1) is 22.4. The summed E-state index contributed by atoms with van der Waals surface area (Å²) >= 11 is 5.74. The van der Waals surface area contributed by atoms with Gasteiger partial charge in [-0.1, -0.05) is 17.7 Å². The first-order valence-corrected chi connectivity index (χ1v) is 11.8. The lowest BCUT2D eigenvalue weighted by Gasteiger charge is -2.26. The lowest BCUT2D eigenvalue weighted by molar-refractivity contribution is 0.0730. The molecule has 0 radical (unpaired) electrons. The minimum Gasteiger partial charge on any atom is -0.379 e. The highest BCUT2D eigenvalue weighted by atomic mass is 35.5. The number of morpholine rings is 1. The van der Waals surface area contributed by atoms with Crippen LogP contribution in [0, 0.1) is 13.8 Å². The predicted octanol–water partition coefficient (Wildman–Crippen LogP) is 3.00. The van der Waals surface area contributed by atoms with E-state index in [0.29, 0.717) is 37.3 Å². The van der Waals surface area contributed by atoms with Gasteiger partial charge < -0.3 is 9.30 Å². The molecule has 0 saturated carbocycles. The molecule has 0 unspecified atom stereocenters. The van der Waals surface area contributed by atoms with E-state index >= 15 is 0 Å². The second kappa shape index (κ2) is 9.37. The summed E-state index contributed by atoms with van der Waals surface area (Å²) in [5.41, 5.74) is 6.35. The number of hydrogen-bond acceptors (Lipinski definition) is 7. The molecule has 1 saturated heterocycles. The summed E-state index contributed by atoms with van der Waals surface area (Å²) < 4.78 is 34.9. The van der Waals surface area contributed by atoms with Crippen LogP contribution in [0.2, 0.25) is 5.15 Å². The van der Waals surface area contributed by atoms with Crippen LogP contribution in [0.5, 0.6) is 0 Å². The Labute approximate surface area is 191 Å². The van der Waals surface area contributed by atoms with Gasteiger partial charge >= 0.3 is 0 Å². The molecular weight excluding hydrogens is 452 g/mol. The van der Waals surface area contributed by atoms with E-state index in [1.54, 1.807) is 36.5 Å². The molecule has 3 heterocycles. The van der Waals surface area contributed by atoms with Crippen LogP contribution in [0.1, 0.15) is 17.0 Å². The Morgan fingerprint density at radius 3 is 2.62 bits per heavy atom. The average molecular weight is 475 g/mol. The van der Waals surface area contributed by atoms with Gasteiger partial charge in [0.25, 0.3) is 0 Å². The Balaban J connectivity index is 1.59. The Morgan fingerprint density at radius 2 is 1.91 bits per heavy atom. The lowest BCUT2D eigenvalue weighted by atomic mass is 10.2. The molecule has 0 aliphatic carbocycles. The molecule has 3 aromatic rings. The third kappa shape index (κ3) is 4.68. The maximum Gasteiger partial charge on any atom is 0.243 e. The van der Waals surface area contributed by atoms with Crippen LogP contribution in [0.3, 0.4) is 0 Å². The second-order valence-electron chi connectivity index (χ2n) is 7.29. The van der Waals surface area contributed by atoms with E-state index in [9.17, 15) is 8.42 Å². The van der Waals surface area contributed by atoms with Crippen LogP contribution in [0.15, 0.2) is 52.5 Å². The van der Waals surface area contributed by atoms with Crippen molar-refractivity contribution < 1.29 is 13.2 Å². The number of aromatic nitrogens is 3. The molecule has 1 aromatic carbocycles. The third-order valence-electron chi connectivity index (χ3n) is 5.17. The number of anilines is 1. The molecule has 1 N–H and O–H groups in total. The SMILES string of the molecule is Cc1cc(/C=N/Nc2ccc(Cl)nn2)c(C)n1-c1cccc(S(=O)(=O)N2CCOCC2)c1. The number of hydrogen-bond donors (Lipinski definition) is 1. The number of halogens is 1. The zero-order chi connectivity index (χ0) is 22.7. The molecule has 9 nitrogen and oxygen atoms in total. The van der Waals surface area contributed by atoms with Crippen LogP contribution in [0.25, 0.3) is 5.69 Å². The maximum atomic E-state index is 13.1. The van der Waals surface area contributed by atoms with Gasteiger partial charge in [-0.05, 0) is 50.2 Å². The van der Waals surface area contributed by atoms with Crippen LogP contribution in [-0.2, 0) is 14.8 Å². The molecule has 1 aliphatic heterocycles. The van der Waals surface area contributed by atoms with Crippen molar-refractivity contribution in [3.8, 4) is 5.69 Å². The molecular formula is C21H23ClN6O3S. The Kier molecular flexibility index (Phi) is 6.56. The van der Waals surface area contributed by atoms with Crippen molar-refractivity contribution in [2.75, 3.05) is 31.7 Å². The molecule has 168 valence electrons. The number of hydrazone groups is 1. The Morgan fingerprint density at radius 1 is 1.12 bits per heavy atom. The van der Waals surface area contributed by atoms with Gasteiger partial charge in [-0.2, -0.15) is 9.41 Å². The number of aryl methyl sites for hydroxylation is 1. The van der Waals surface area contributed by atoms with Crippen molar-refractivity contribution in [2.45, 2.75) is 18.7 Å². The minimum absolute atomic E-state index is 0.266. The minimum atomic E-state index is -3.58. The van der Waals surface area contributed by atoms with Crippen molar-refractivity contribution in [3.63, 3.8) is 0 Å². The van der Waals surface area contributed by atoms with E-state index in [1.165, 1.54) is 4.31 Å². The molecule has 11 heteroatoms. The molecule has 2 aromatic heterocycles. The quantitative estimate of drug-likeness (QED) is 0.435. The highest BCUT2D eigenvalue weighted by molar-refractivity contribution is 7.89. The van der Waals surface area contributed by atoms with Crippen molar-refractivity contribution >= 4 is 33.7 Å². The van der Waals surface area contributed by atoms with Crippen LogP contribution in [0.4, 0.5) is 5.82 Å². The number of nitrogens with one attached hydrogen (secondary N) is 1. The maximum absolute atomic E-state index is 13.1. The standard InChI is InChI=1S/C21H23ClN6O3S/c1-15-12-17(14-23-25-21-7-6-20(22)24-26-21)16(2)28(15)18-4-3-5-19(13-18)32(29,30)27-8-10-31-11-9-27/h3-7,12-14H,8-11H2,1-2H3,(H,25,26)/b23-14+. The summed E-state index contributed by atoms with van der Waals surface area (Å²) in [6.45, 7) is 5.46. The van der Waals surface area contributed by atoms with E-state index in [2.05, 4.69) is 20.7 Å². The van der Waals surface area contributed by atoms with Crippen molar-refractivity contribution in [2.24, 2.45) is 5.10 Å². The van der Waals surface area contributed by atoms with Gasteiger partial charge in [0, 0.05) is 35.7 Å². The summed E-state index contributed by atoms with van der Waals surface area (Å²) in [5.74, 6) is 0.473. The number of rotatable bonds is 6. The summed E-state index contributed by atoms with van der Waals surface area (Å²) in [4.78, 5) is 0.266. The molecule has 0 spiro atoms. The second-order valence-corrected chi connectivity index (χ2v) is 9.61. The van der Waals surface area contributed by atoms with Crippen LogP contribution < -0.4 is 5.43 Å². The van der Waals surface area contributed by atoms with Gasteiger partial charge in [0.1, 0.15) is 0 Å². The summed E-state index contributed by atoms with van der Waals surface area (Å²) in [5, 5.41) is 12.2. The zero-order valence-electron chi connectivity index (χ0n) is 17.7. The topological polar surface area (TPSA) is 102 Å². The first-order chi connectivity index (χ1) is 15.4. The fourth-order valence-corrected chi connectivity index (χ4v) is 5.13. The molecule has 0 atom stereocenters. The van der Waals surface area contributed by atoms with Crippen molar-refractivity contribution in [1.29, 1.82) is 0 Å².